The van der Waals surface area contributed by atoms with Crippen LogP contribution in [0.2, 0.25) is 0 Å². The maximum atomic E-state index is 13.8. The van der Waals surface area contributed by atoms with Crippen molar-refractivity contribution in [3.63, 3.8) is 0 Å². The van der Waals surface area contributed by atoms with Gasteiger partial charge in [-0.1, -0.05) is 32.9 Å². The molecule has 1 unspecified atom stereocenters. The summed E-state index contributed by atoms with van der Waals surface area (Å²) >= 11 is 0. The summed E-state index contributed by atoms with van der Waals surface area (Å²) in [7, 11) is 0. The number of amides is 2. The summed E-state index contributed by atoms with van der Waals surface area (Å²) in [6.45, 7) is 15.5. The lowest BCUT2D eigenvalue weighted by molar-refractivity contribution is -0.141. The number of hydrogen-bond acceptors (Lipinski definition) is 6. The minimum atomic E-state index is -2.61. The Balaban J connectivity index is 1.46. The van der Waals surface area contributed by atoms with Gasteiger partial charge in [-0.15, -0.1) is 0 Å². The highest BCUT2D eigenvalue weighted by molar-refractivity contribution is 5.86. The first-order valence-corrected chi connectivity index (χ1v) is 14.5. The highest BCUT2D eigenvalue weighted by Gasteiger charge is 2.47. The van der Waals surface area contributed by atoms with Gasteiger partial charge in [-0.05, 0) is 70.6 Å². The summed E-state index contributed by atoms with van der Waals surface area (Å²) in [5.41, 5.74) is -1.10. The molecule has 4 rings (SSSR count). The summed E-state index contributed by atoms with van der Waals surface area (Å²) in [4.78, 5) is 35.1. The van der Waals surface area contributed by atoms with Crippen LogP contribution in [0.15, 0.2) is 4.52 Å². The van der Waals surface area contributed by atoms with E-state index >= 15 is 0 Å². The third-order valence-corrected chi connectivity index (χ3v) is 9.01. The number of piperidine rings is 2. The van der Waals surface area contributed by atoms with Crippen molar-refractivity contribution in [3.05, 3.63) is 11.7 Å². The number of likely N-dealkylation sites (tertiary alicyclic amines) is 2. The van der Waals surface area contributed by atoms with Crippen molar-refractivity contribution in [3.8, 4) is 0 Å². The van der Waals surface area contributed by atoms with Crippen molar-refractivity contribution < 1.29 is 27.6 Å². The Bertz CT molecular complexity index is 1030. The lowest BCUT2D eigenvalue weighted by Crippen LogP contribution is -2.59. The van der Waals surface area contributed by atoms with Crippen molar-refractivity contribution in [2.75, 3.05) is 19.6 Å². The van der Waals surface area contributed by atoms with E-state index in [9.17, 15) is 18.4 Å². The van der Waals surface area contributed by atoms with Gasteiger partial charge in [0.15, 0.2) is 5.82 Å². The standard InChI is InChI=1S/C29H46F2N4O4/c1-19(2)28(24-32-22(39-33-24)20-8-12-29(30,31)13-9-20)14-16-34(17-15-28)23(36)21-10-11-27(6,7)18-35(21)25(37)38-26(3,4)5/h19-21H,8-18H2,1-7H3. The topological polar surface area (TPSA) is 88.8 Å². The molecule has 0 aromatic carbocycles. The van der Waals surface area contributed by atoms with E-state index in [1.54, 1.807) is 4.90 Å². The number of nitrogens with zero attached hydrogens (tertiary/aromatic N) is 4. The van der Waals surface area contributed by atoms with Crippen LogP contribution in [0.4, 0.5) is 13.6 Å². The van der Waals surface area contributed by atoms with Crippen LogP contribution in [0.25, 0.3) is 0 Å². The Kier molecular flexibility index (Phi) is 8.09. The molecule has 0 spiro atoms. The van der Waals surface area contributed by atoms with Gasteiger partial charge < -0.3 is 14.2 Å². The fraction of sp³-hybridized carbons (Fsp3) is 0.862. The van der Waals surface area contributed by atoms with Crippen molar-refractivity contribution in [1.29, 1.82) is 0 Å². The predicted molar refractivity (Wildman–Crippen MR) is 143 cm³/mol. The van der Waals surface area contributed by atoms with Crippen LogP contribution in [-0.2, 0) is 14.9 Å². The normalized spacial score (nSPS) is 25.5. The van der Waals surface area contributed by atoms with E-state index in [1.165, 1.54) is 0 Å². The third kappa shape index (κ3) is 6.56. The molecule has 3 aliphatic rings. The van der Waals surface area contributed by atoms with E-state index in [1.807, 2.05) is 25.7 Å². The summed E-state index contributed by atoms with van der Waals surface area (Å²) in [5.74, 6) is -1.50. The Labute approximate surface area is 231 Å². The predicted octanol–water partition coefficient (Wildman–Crippen LogP) is 6.30. The minimum absolute atomic E-state index is 0.0364. The Hall–Kier alpha value is -2.26. The Morgan fingerprint density at radius 2 is 1.64 bits per heavy atom. The zero-order chi connectivity index (χ0) is 28.8. The first kappa shape index (κ1) is 29.7. The number of carbonyl (C=O) groups is 2. The van der Waals surface area contributed by atoms with Crippen molar-refractivity contribution >= 4 is 12.0 Å². The van der Waals surface area contributed by atoms with Gasteiger partial charge >= 0.3 is 6.09 Å². The SMILES string of the molecule is CC(C)C1(c2noc(C3CCC(F)(F)CC3)n2)CCN(C(=O)C2CCC(C)(C)CN2C(=O)OC(C)(C)C)CC1. The molecule has 0 bridgehead atoms. The van der Waals surface area contributed by atoms with E-state index in [2.05, 4.69) is 32.9 Å². The molecule has 1 aromatic rings. The third-order valence-electron chi connectivity index (χ3n) is 9.01. The molecule has 3 heterocycles. The minimum Gasteiger partial charge on any atom is -0.444 e. The molecular weight excluding hydrogens is 506 g/mol. The maximum absolute atomic E-state index is 13.8. The number of ether oxygens (including phenoxy) is 1. The number of halogens is 2. The number of rotatable bonds is 4. The number of alkyl halides is 2. The first-order chi connectivity index (χ1) is 18.0. The second-order valence-corrected chi connectivity index (χ2v) is 14.0. The molecule has 1 aliphatic carbocycles. The smallest absolute Gasteiger partial charge is 0.410 e. The molecule has 1 saturated carbocycles. The number of hydrogen-bond donors (Lipinski definition) is 0. The second-order valence-electron chi connectivity index (χ2n) is 14.0. The van der Waals surface area contributed by atoms with Gasteiger partial charge in [-0.3, -0.25) is 9.69 Å². The molecule has 2 aliphatic heterocycles. The maximum Gasteiger partial charge on any atom is 0.410 e. The fourth-order valence-electron chi connectivity index (χ4n) is 6.39. The molecule has 220 valence electrons. The summed E-state index contributed by atoms with van der Waals surface area (Å²) < 4.78 is 38.6. The van der Waals surface area contributed by atoms with Gasteiger partial charge in [0.2, 0.25) is 17.7 Å². The molecule has 8 nitrogen and oxygen atoms in total. The van der Waals surface area contributed by atoms with Crippen LogP contribution < -0.4 is 0 Å². The molecule has 0 radical (unpaired) electrons. The van der Waals surface area contributed by atoms with Gasteiger partial charge in [-0.25, -0.2) is 13.6 Å². The fourth-order valence-corrected chi connectivity index (χ4v) is 6.39. The monoisotopic (exact) mass is 552 g/mol. The van der Waals surface area contributed by atoms with E-state index in [0.29, 0.717) is 63.5 Å². The van der Waals surface area contributed by atoms with E-state index in [-0.39, 0.29) is 41.4 Å². The molecule has 1 atom stereocenters. The molecule has 0 N–H and O–H groups in total. The largest absolute Gasteiger partial charge is 0.444 e. The van der Waals surface area contributed by atoms with Gasteiger partial charge in [-0.2, -0.15) is 4.98 Å². The van der Waals surface area contributed by atoms with Gasteiger partial charge in [0.1, 0.15) is 11.6 Å². The molecule has 10 heteroatoms. The zero-order valence-electron chi connectivity index (χ0n) is 24.7. The highest BCUT2D eigenvalue weighted by atomic mass is 19.3. The number of carbonyl (C=O) groups excluding carboxylic acids is 2. The van der Waals surface area contributed by atoms with Crippen LogP contribution in [0, 0.1) is 11.3 Å². The molecule has 2 amide bonds. The quantitative estimate of drug-likeness (QED) is 0.435. The lowest BCUT2D eigenvalue weighted by Gasteiger charge is -2.47. The Morgan fingerprint density at radius 1 is 1.03 bits per heavy atom. The molecule has 3 fully saturated rings. The van der Waals surface area contributed by atoms with Gasteiger partial charge in [0.25, 0.3) is 0 Å². The van der Waals surface area contributed by atoms with Crippen LogP contribution in [0.1, 0.15) is 117 Å². The van der Waals surface area contributed by atoms with Crippen LogP contribution in [-0.4, -0.2) is 69.1 Å². The summed E-state index contributed by atoms with van der Waals surface area (Å²) in [5, 5.41) is 4.34. The molecule has 2 saturated heterocycles. The first-order valence-electron chi connectivity index (χ1n) is 14.5. The number of aromatic nitrogens is 2. The van der Waals surface area contributed by atoms with Gasteiger partial charge in [0.05, 0.1) is 0 Å². The van der Waals surface area contributed by atoms with E-state index in [0.717, 1.165) is 6.42 Å². The molecule has 39 heavy (non-hydrogen) atoms. The van der Waals surface area contributed by atoms with Gasteiger partial charge in [0, 0.05) is 43.8 Å². The molecule has 1 aromatic heterocycles. The zero-order valence-corrected chi connectivity index (χ0v) is 24.7. The van der Waals surface area contributed by atoms with Crippen molar-refractivity contribution in [1.82, 2.24) is 19.9 Å². The Morgan fingerprint density at radius 3 is 2.21 bits per heavy atom. The lowest BCUT2D eigenvalue weighted by atomic mass is 9.69. The summed E-state index contributed by atoms with van der Waals surface area (Å²) in [6.07, 6.45) is 2.74. The van der Waals surface area contributed by atoms with Crippen LogP contribution in [0.5, 0.6) is 0 Å². The highest BCUT2D eigenvalue weighted by Crippen LogP contribution is 2.44. The van der Waals surface area contributed by atoms with E-state index in [4.69, 9.17) is 14.2 Å². The second kappa shape index (κ2) is 10.6. The average Bonchev–Trinajstić information content (AvgIpc) is 3.32. The van der Waals surface area contributed by atoms with E-state index < -0.39 is 23.7 Å². The van der Waals surface area contributed by atoms with Crippen molar-refractivity contribution in [2.45, 2.75) is 129 Å². The van der Waals surface area contributed by atoms with Crippen LogP contribution >= 0.6 is 0 Å². The van der Waals surface area contributed by atoms with Crippen molar-refractivity contribution in [2.24, 2.45) is 11.3 Å². The van der Waals surface area contributed by atoms with Crippen LogP contribution in [0.3, 0.4) is 0 Å². The summed E-state index contributed by atoms with van der Waals surface area (Å²) in [6, 6.07) is -0.541. The average molecular weight is 553 g/mol. The molecular formula is C29H46F2N4O4.